The molecule has 0 aliphatic carbocycles. The first-order chi connectivity index (χ1) is 20.0. The van der Waals surface area contributed by atoms with Crippen molar-refractivity contribution in [1.82, 2.24) is 0 Å². The van der Waals surface area contributed by atoms with E-state index in [1.165, 1.54) is 20.9 Å². The lowest BCUT2D eigenvalue weighted by atomic mass is 9.94. The predicted molar refractivity (Wildman–Crippen MR) is 167 cm³/mol. The van der Waals surface area contributed by atoms with Crippen LogP contribution in [0.25, 0.3) is 26.5 Å². The quantitative estimate of drug-likeness (QED) is 0.149. The van der Waals surface area contributed by atoms with Crippen LogP contribution in [0.1, 0.15) is 23.6 Å². The Labute approximate surface area is 247 Å². The van der Waals surface area contributed by atoms with Crippen LogP contribution in [0.15, 0.2) is 108 Å². The predicted octanol–water partition coefficient (Wildman–Crippen LogP) is 8.79. The Morgan fingerprint density at radius 2 is 1.34 bits per heavy atom. The second-order valence-corrected chi connectivity index (χ2v) is 11.1. The molecular weight excluding hydrogens is 553 g/mol. The normalized spacial score (nSPS) is 10.7. The van der Waals surface area contributed by atoms with Gasteiger partial charge >= 0.3 is 5.97 Å². The van der Waals surface area contributed by atoms with Crippen molar-refractivity contribution in [2.45, 2.75) is 13.8 Å². The molecule has 0 amide bonds. The van der Waals surface area contributed by atoms with Gasteiger partial charge in [0, 0.05) is 15.3 Å². The molecule has 0 aliphatic heterocycles. The van der Waals surface area contributed by atoms with Crippen molar-refractivity contribution in [3.8, 4) is 32.4 Å². The van der Waals surface area contributed by atoms with Gasteiger partial charge in [-0.15, -0.1) is 22.7 Å². The largest absolute Gasteiger partial charge is 0.494 e. The van der Waals surface area contributed by atoms with E-state index in [-0.39, 0.29) is 6.61 Å². The van der Waals surface area contributed by atoms with Gasteiger partial charge in [0.1, 0.15) is 23.9 Å². The molecule has 5 nitrogen and oxygen atoms in total. The average molecular weight is 583 g/mol. The highest BCUT2D eigenvalue weighted by atomic mass is 32.1. The summed E-state index contributed by atoms with van der Waals surface area (Å²) >= 11 is 3.44. The SMILES string of the molecule is CCOC(COc1ccc(OCC(=O)O)c(C)c1)=C(c1ccc(-c2cccs2)cc1)c1ccc(-c2cccs2)cc1. The maximum atomic E-state index is 10.9. The average Bonchev–Trinajstić information content (AvgIpc) is 3.72. The van der Waals surface area contributed by atoms with Crippen LogP contribution in [0.5, 0.6) is 11.5 Å². The smallest absolute Gasteiger partial charge is 0.341 e. The second kappa shape index (κ2) is 13.4. The second-order valence-electron chi connectivity index (χ2n) is 9.24. The lowest BCUT2D eigenvalue weighted by Crippen LogP contribution is -2.11. The first-order valence-electron chi connectivity index (χ1n) is 13.2. The number of aliphatic carboxylic acids is 1. The van der Waals surface area contributed by atoms with Crippen LogP contribution < -0.4 is 9.47 Å². The molecule has 0 bridgehead atoms. The number of aryl methyl sites for hydroxylation is 1. The van der Waals surface area contributed by atoms with Crippen LogP contribution in [0, 0.1) is 6.92 Å². The van der Waals surface area contributed by atoms with E-state index in [1.54, 1.807) is 34.8 Å². The molecule has 2 heterocycles. The fourth-order valence-corrected chi connectivity index (χ4v) is 5.96. The maximum Gasteiger partial charge on any atom is 0.341 e. The van der Waals surface area contributed by atoms with E-state index < -0.39 is 12.6 Å². The fourth-order valence-electron chi connectivity index (χ4n) is 4.50. The molecular formula is C34H30O5S2. The van der Waals surface area contributed by atoms with Gasteiger partial charge in [-0.3, -0.25) is 0 Å². The van der Waals surface area contributed by atoms with Crippen LogP contribution in [0.3, 0.4) is 0 Å². The molecule has 0 spiro atoms. The highest BCUT2D eigenvalue weighted by molar-refractivity contribution is 7.13. The Hall–Kier alpha value is -4.33. The summed E-state index contributed by atoms with van der Waals surface area (Å²) in [7, 11) is 0. The molecule has 5 aromatic rings. The molecule has 0 radical (unpaired) electrons. The lowest BCUT2D eigenvalue weighted by molar-refractivity contribution is -0.139. The van der Waals surface area contributed by atoms with Crippen molar-refractivity contribution >= 4 is 34.2 Å². The fraction of sp³-hybridized carbons (Fsp3) is 0.147. The molecule has 0 unspecified atom stereocenters. The first-order valence-corrected chi connectivity index (χ1v) is 15.0. The van der Waals surface area contributed by atoms with Crippen molar-refractivity contribution in [1.29, 1.82) is 0 Å². The topological polar surface area (TPSA) is 65.0 Å². The third kappa shape index (κ3) is 7.06. The Morgan fingerprint density at radius 3 is 1.80 bits per heavy atom. The molecule has 2 aromatic heterocycles. The molecule has 0 saturated heterocycles. The van der Waals surface area contributed by atoms with E-state index in [1.807, 2.05) is 19.9 Å². The molecule has 0 fully saturated rings. The summed E-state index contributed by atoms with van der Waals surface area (Å²) in [6, 6.07) is 30.8. The van der Waals surface area contributed by atoms with E-state index in [2.05, 4.69) is 83.6 Å². The van der Waals surface area contributed by atoms with Gasteiger partial charge in [0.25, 0.3) is 0 Å². The number of hydrogen-bond acceptors (Lipinski definition) is 6. The highest BCUT2D eigenvalue weighted by Crippen LogP contribution is 2.34. The zero-order chi connectivity index (χ0) is 28.6. The van der Waals surface area contributed by atoms with Gasteiger partial charge < -0.3 is 19.3 Å². The van der Waals surface area contributed by atoms with Gasteiger partial charge in [-0.25, -0.2) is 4.79 Å². The molecule has 41 heavy (non-hydrogen) atoms. The summed E-state index contributed by atoms with van der Waals surface area (Å²) in [6.07, 6.45) is 0. The molecule has 0 atom stereocenters. The van der Waals surface area contributed by atoms with Gasteiger partial charge in [0.2, 0.25) is 0 Å². The summed E-state index contributed by atoms with van der Waals surface area (Å²) in [4.78, 5) is 13.3. The van der Waals surface area contributed by atoms with Crippen molar-refractivity contribution in [3.63, 3.8) is 0 Å². The highest BCUT2D eigenvalue weighted by Gasteiger charge is 2.16. The van der Waals surface area contributed by atoms with Gasteiger partial charge in [-0.2, -0.15) is 0 Å². The number of carbonyl (C=O) groups is 1. The Balaban J connectivity index is 1.49. The van der Waals surface area contributed by atoms with Crippen LogP contribution >= 0.6 is 22.7 Å². The minimum absolute atomic E-state index is 0.220. The minimum atomic E-state index is -1.02. The molecule has 5 rings (SSSR count). The van der Waals surface area contributed by atoms with Crippen LogP contribution in [0.4, 0.5) is 0 Å². The Kier molecular flexibility index (Phi) is 9.19. The van der Waals surface area contributed by atoms with Gasteiger partial charge in [-0.1, -0.05) is 60.7 Å². The van der Waals surface area contributed by atoms with Crippen LogP contribution in [0.2, 0.25) is 0 Å². The van der Waals surface area contributed by atoms with Crippen molar-refractivity contribution in [2.75, 3.05) is 19.8 Å². The lowest BCUT2D eigenvalue weighted by Gasteiger charge is -2.18. The number of hydrogen-bond donors (Lipinski definition) is 1. The first kappa shape index (κ1) is 28.2. The molecule has 3 aromatic carbocycles. The number of benzene rings is 3. The minimum Gasteiger partial charge on any atom is -0.494 e. The molecule has 0 aliphatic rings. The Bertz CT molecular complexity index is 1520. The van der Waals surface area contributed by atoms with Crippen molar-refractivity contribution in [2.24, 2.45) is 0 Å². The zero-order valence-corrected chi connectivity index (χ0v) is 24.5. The van der Waals surface area contributed by atoms with E-state index in [0.29, 0.717) is 18.1 Å². The molecule has 1 N–H and O–H groups in total. The monoisotopic (exact) mass is 582 g/mol. The number of carboxylic acids is 1. The summed E-state index contributed by atoms with van der Waals surface area (Å²) in [5.74, 6) is 0.861. The zero-order valence-electron chi connectivity index (χ0n) is 22.8. The number of carboxylic acid groups (broad SMARTS) is 1. The Morgan fingerprint density at radius 1 is 0.756 bits per heavy atom. The van der Waals surface area contributed by atoms with Crippen molar-refractivity contribution in [3.05, 3.63) is 124 Å². The van der Waals surface area contributed by atoms with Crippen molar-refractivity contribution < 1.29 is 24.1 Å². The number of thiophene rings is 2. The maximum absolute atomic E-state index is 10.9. The third-order valence-electron chi connectivity index (χ3n) is 6.42. The van der Waals surface area contributed by atoms with Gasteiger partial charge in [0.05, 0.1) is 6.61 Å². The van der Waals surface area contributed by atoms with Crippen LogP contribution in [-0.2, 0) is 9.53 Å². The van der Waals surface area contributed by atoms with Gasteiger partial charge in [-0.05, 0) is 82.8 Å². The van der Waals surface area contributed by atoms with E-state index >= 15 is 0 Å². The van der Waals surface area contributed by atoms with Gasteiger partial charge in [0.15, 0.2) is 6.61 Å². The summed E-state index contributed by atoms with van der Waals surface area (Å²) in [5.41, 5.74) is 6.18. The molecule has 0 saturated carbocycles. The number of rotatable bonds is 12. The van der Waals surface area contributed by atoms with E-state index in [9.17, 15) is 4.79 Å². The summed E-state index contributed by atoms with van der Waals surface area (Å²) in [6.45, 7) is 4.15. The van der Waals surface area contributed by atoms with Crippen LogP contribution in [-0.4, -0.2) is 30.9 Å². The summed E-state index contributed by atoms with van der Waals surface area (Å²) in [5, 5.41) is 13.1. The van der Waals surface area contributed by atoms with E-state index in [4.69, 9.17) is 19.3 Å². The van der Waals surface area contributed by atoms with E-state index in [0.717, 1.165) is 28.0 Å². The standard InChI is InChI=1S/C34H30O5S2/c1-3-37-30(21-38-28-16-17-29(23(2)20-28)39-22-33(35)36)34(26-12-8-24(9-13-26)31-6-4-18-40-31)27-14-10-25(11-15-27)32-7-5-19-41-32/h4-20H,3,21-22H2,1-2H3,(H,35,36). The number of ether oxygens (including phenoxy) is 3. The molecule has 208 valence electrons. The summed E-state index contributed by atoms with van der Waals surface area (Å²) < 4.78 is 17.8. The third-order valence-corrected chi connectivity index (χ3v) is 8.26. The molecule has 7 heteroatoms.